The van der Waals surface area contributed by atoms with Gasteiger partial charge in [0.05, 0.1) is 11.4 Å². The minimum absolute atomic E-state index is 0.721. The van der Waals surface area contributed by atoms with Crippen molar-refractivity contribution in [2.45, 2.75) is 40.8 Å². The van der Waals surface area contributed by atoms with Crippen LogP contribution in [-0.2, 0) is 13.1 Å². The summed E-state index contributed by atoms with van der Waals surface area (Å²) in [6.45, 7) is 13.6. The Bertz CT molecular complexity index is 317. The largest absolute Gasteiger partial charge is 0.315 e. The third kappa shape index (κ3) is 5.33. The van der Waals surface area contributed by atoms with Gasteiger partial charge >= 0.3 is 0 Å². The smallest absolute Gasteiger partial charge is 0.0597 e. The predicted octanol–water partition coefficient (Wildman–Crippen LogP) is 1.55. The molecule has 0 aliphatic heterocycles. The lowest BCUT2D eigenvalue weighted by Gasteiger charge is -2.09. The molecule has 1 heterocycles. The standard InChI is InChI=1S/C13H26N4/c1-5-17-13(8-12(4)16-17)10-15-7-6-14-9-11(2)3/h8,11,14-15H,5-7,9-10H2,1-4H3. The molecule has 0 aliphatic rings. The van der Waals surface area contributed by atoms with Crippen LogP contribution in [-0.4, -0.2) is 29.4 Å². The Hall–Kier alpha value is -0.870. The lowest BCUT2D eigenvalue weighted by atomic mass is 10.2. The first-order chi connectivity index (χ1) is 8.13. The molecule has 4 nitrogen and oxygen atoms in total. The summed E-state index contributed by atoms with van der Waals surface area (Å²) < 4.78 is 2.06. The van der Waals surface area contributed by atoms with E-state index < -0.39 is 0 Å². The number of nitrogens with one attached hydrogen (secondary N) is 2. The van der Waals surface area contributed by atoms with Crippen LogP contribution < -0.4 is 10.6 Å². The van der Waals surface area contributed by atoms with Crippen molar-refractivity contribution in [3.05, 3.63) is 17.5 Å². The van der Waals surface area contributed by atoms with E-state index in [9.17, 15) is 0 Å². The molecule has 4 heteroatoms. The van der Waals surface area contributed by atoms with Crippen LogP contribution in [0, 0.1) is 12.8 Å². The molecule has 0 aliphatic carbocycles. The summed E-state index contributed by atoms with van der Waals surface area (Å²) in [5.41, 5.74) is 2.37. The van der Waals surface area contributed by atoms with Gasteiger partial charge in [-0.2, -0.15) is 5.10 Å². The van der Waals surface area contributed by atoms with Crippen molar-refractivity contribution in [2.24, 2.45) is 5.92 Å². The van der Waals surface area contributed by atoms with E-state index in [0.29, 0.717) is 0 Å². The molecule has 0 bridgehead atoms. The average Bonchev–Trinajstić information content (AvgIpc) is 2.63. The number of aryl methyl sites for hydroxylation is 2. The summed E-state index contributed by atoms with van der Waals surface area (Å²) in [7, 11) is 0. The summed E-state index contributed by atoms with van der Waals surface area (Å²) >= 11 is 0. The number of hydrogen-bond acceptors (Lipinski definition) is 3. The van der Waals surface area contributed by atoms with Gasteiger partial charge < -0.3 is 10.6 Å². The summed E-state index contributed by atoms with van der Waals surface area (Å²) in [5, 5.41) is 11.3. The van der Waals surface area contributed by atoms with Crippen LogP contribution >= 0.6 is 0 Å². The highest BCUT2D eigenvalue weighted by molar-refractivity contribution is 5.08. The van der Waals surface area contributed by atoms with Gasteiger partial charge in [0.15, 0.2) is 0 Å². The SMILES string of the molecule is CCn1nc(C)cc1CNCCNCC(C)C. The van der Waals surface area contributed by atoms with Crippen LogP contribution in [0.5, 0.6) is 0 Å². The zero-order valence-corrected chi connectivity index (χ0v) is 11.6. The van der Waals surface area contributed by atoms with Crippen molar-refractivity contribution >= 4 is 0 Å². The zero-order valence-electron chi connectivity index (χ0n) is 11.6. The van der Waals surface area contributed by atoms with Crippen LogP contribution in [0.1, 0.15) is 32.2 Å². The maximum Gasteiger partial charge on any atom is 0.0597 e. The van der Waals surface area contributed by atoms with Crippen LogP contribution in [0.25, 0.3) is 0 Å². The fourth-order valence-corrected chi connectivity index (χ4v) is 1.80. The third-order valence-electron chi connectivity index (χ3n) is 2.62. The van der Waals surface area contributed by atoms with Gasteiger partial charge in [-0.25, -0.2) is 0 Å². The number of rotatable bonds is 8. The number of aromatic nitrogens is 2. The fourth-order valence-electron chi connectivity index (χ4n) is 1.80. The van der Waals surface area contributed by atoms with Crippen molar-refractivity contribution in [1.82, 2.24) is 20.4 Å². The van der Waals surface area contributed by atoms with Crippen molar-refractivity contribution in [3.8, 4) is 0 Å². The Kier molecular flexibility index (Phi) is 6.22. The van der Waals surface area contributed by atoms with Crippen molar-refractivity contribution in [1.29, 1.82) is 0 Å². The molecule has 0 aromatic carbocycles. The topological polar surface area (TPSA) is 41.9 Å². The van der Waals surface area contributed by atoms with Gasteiger partial charge in [0.2, 0.25) is 0 Å². The Balaban J connectivity index is 2.17. The average molecular weight is 238 g/mol. The van der Waals surface area contributed by atoms with E-state index in [1.807, 2.05) is 6.92 Å². The first-order valence-corrected chi connectivity index (χ1v) is 6.58. The quantitative estimate of drug-likeness (QED) is 0.675. The Morgan fingerprint density at radius 1 is 1.29 bits per heavy atom. The number of hydrogen-bond donors (Lipinski definition) is 2. The van der Waals surface area contributed by atoms with E-state index in [0.717, 1.165) is 44.3 Å². The van der Waals surface area contributed by atoms with E-state index in [1.165, 1.54) is 5.69 Å². The zero-order chi connectivity index (χ0) is 12.7. The highest BCUT2D eigenvalue weighted by Crippen LogP contribution is 2.02. The molecule has 2 N–H and O–H groups in total. The molecule has 0 fully saturated rings. The molecule has 0 amide bonds. The first kappa shape index (κ1) is 14.2. The second kappa shape index (κ2) is 7.45. The molecule has 0 radical (unpaired) electrons. The van der Waals surface area contributed by atoms with Crippen molar-refractivity contribution < 1.29 is 0 Å². The molecule has 0 saturated heterocycles. The normalized spacial score (nSPS) is 11.4. The lowest BCUT2D eigenvalue weighted by molar-refractivity contribution is 0.525. The van der Waals surface area contributed by atoms with Crippen molar-refractivity contribution in [3.63, 3.8) is 0 Å². The number of nitrogens with zero attached hydrogens (tertiary/aromatic N) is 2. The van der Waals surface area contributed by atoms with Gasteiger partial charge in [0, 0.05) is 26.2 Å². The fraction of sp³-hybridized carbons (Fsp3) is 0.769. The van der Waals surface area contributed by atoms with Crippen LogP contribution in [0.15, 0.2) is 6.07 Å². The van der Waals surface area contributed by atoms with E-state index in [1.54, 1.807) is 0 Å². The monoisotopic (exact) mass is 238 g/mol. The minimum Gasteiger partial charge on any atom is -0.315 e. The molecular formula is C13H26N4. The second-order valence-corrected chi connectivity index (χ2v) is 4.87. The van der Waals surface area contributed by atoms with Gasteiger partial charge in [0.1, 0.15) is 0 Å². The maximum atomic E-state index is 4.43. The van der Waals surface area contributed by atoms with Crippen LogP contribution in [0.4, 0.5) is 0 Å². The van der Waals surface area contributed by atoms with Crippen molar-refractivity contribution in [2.75, 3.05) is 19.6 Å². The Morgan fingerprint density at radius 3 is 2.65 bits per heavy atom. The van der Waals surface area contributed by atoms with Crippen LogP contribution in [0.3, 0.4) is 0 Å². The lowest BCUT2D eigenvalue weighted by Crippen LogP contribution is -2.29. The third-order valence-corrected chi connectivity index (χ3v) is 2.62. The predicted molar refractivity (Wildman–Crippen MR) is 72.1 cm³/mol. The molecule has 0 saturated carbocycles. The molecule has 1 aromatic rings. The molecule has 0 spiro atoms. The molecule has 17 heavy (non-hydrogen) atoms. The molecule has 98 valence electrons. The second-order valence-electron chi connectivity index (χ2n) is 4.87. The molecule has 0 unspecified atom stereocenters. The highest BCUT2D eigenvalue weighted by atomic mass is 15.3. The Labute approximate surface area is 105 Å². The van der Waals surface area contributed by atoms with Gasteiger partial charge in [-0.1, -0.05) is 13.8 Å². The van der Waals surface area contributed by atoms with E-state index >= 15 is 0 Å². The minimum atomic E-state index is 0.721. The van der Waals surface area contributed by atoms with E-state index in [4.69, 9.17) is 0 Å². The molecular weight excluding hydrogens is 212 g/mol. The summed E-state index contributed by atoms with van der Waals surface area (Å²) in [6, 6.07) is 2.15. The van der Waals surface area contributed by atoms with Gasteiger partial charge in [0.25, 0.3) is 0 Å². The first-order valence-electron chi connectivity index (χ1n) is 6.58. The van der Waals surface area contributed by atoms with Gasteiger partial charge in [-0.15, -0.1) is 0 Å². The molecule has 0 atom stereocenters. The van der Waals surface area contributed by atoms with Gasteiger partial charge in [-0.05, 0) is 32.4 Å². The van der Waals surface area contributed by atoms with E-state index in [-0.39, 0.29) is 0 Å². The summed E-state index contributed by atoms with van der Waals surface area (Å²) in [6.07, 6.45) is 0. The summed E-state index contributed by atoms with van der Waals surface area (Å²) in [5.74, 6) is 0.721. The Morgan fingerprint density at radius 2 is 2.00 bits per heavy atom. The summed E-state index contributed by atoms with van der Waals surface area (Å²) in [4.78, 5) is 0. The highest BCUT2D eigenvalue weighted by Gasteiger charge is 2.02. The van der Waals surface area contributed by atoms with E-state index in [2.05, 4.69) is 47.3 Å². The maximum absolute atomic E-state index is 4.43. The van der Waals surface area contributed by atoms with Gasteiger partial charge in [-0.3, -0.25) is 4.68 Å². The molecule has 1 rings (SSSR count). The molecule has 1 aromatic heterocycles. The van der Waals surface area contributed by atoms with Crippen LogP contribution in [0.2, 0.25) is 0 Å².